The smallest absolute Gasteiger partial charge is 0.314 e. The fraction of sp³-hybridized carbons (Fsp3) is 0.533. The Morgan fingerprint density at radius 2 is 1.83 bits per heavy atom. The SMILES string of the molecule is Cc1ccc(OC(=O)C2CCC(C[SiH3])CC2)cc1. The van der Waals surface area contributed by atoms with Gasteiger partial charge in [0.2, 0.25) is 0 Å². The largest absolute Gasteiger partial charge is 0.426 e. The molecule has 0 bridgehead atoms. The number of carbonyl (C=O) groups excluding carboxylic acids is 1. The predicted octanol–water partition coefficient (Wildman–Crippen LogP) is 2.49. The molecule has 0 N–H and O–H groups in total. The number of hydrogen-bond donors (Lipinski definition) is 0. The van der Waals surface area contributed by atoms with Crippen molar-refractivity contribution in [2.45, 2.75) is 38.7 Å². The van der Waals surface area contributed by atoms with Gasteiger partial charge in [0.05, 0.1) is 5.92 Å². The standard InChI is InChI=1S/C15H22O2Si/c1-11-2-8-14(9-3-11)17-15(16)13-6-4-12(10-18)5-7-13/h2-3,8-9,12-13H,4-7,10H2,1,18H3. The van der Waals surface area contributed by atoms with Crippen molar-refractivity contribution in [3.8, 4) is 5.75 Å². The average Bonchev–Trinajstić information content (AvgIpc) is 2.41. The van der Waals surface area contributed by atoms with E-state index >= 15 is 0 Å². The Morgan fingerprint density at radius 1 is 1.22 bits per heavy atom. The van der Waals surface area contributed by atoms with E-state index in [1.165, 1.54) is 34.7 Å². The summed E-state index contributed by atoms with van der Waals surface area (Å²) in [5.41, 5.74) is 1.18. The number of esters is 1. The van der Waals surface area contributed by atoms with Crippen molar-refractivity contribution < 1.29 is 9.53 Å². The van der Waals surface area contributed by atoms with Crippen molar-refractivity contribution in [2.24, 2.45) is 11.8 Å². The first-order chi connectivity index (χ1) is 8.69. The van der Waals surface area contributed by atoms with E-state index in [0.717, 1.165) is 18.8 Å². The maximum absolute atomic E-state index is 12.0. The molecule has 1 aromatic rings. The Labute approximate surface area is 112 Å². The van der Waals surface area contributed by atoms with E-state index < -0.39 is 0 Å². The zero-order valence-electron chi connectivity index (χ0n) is 11.3. The molecule has 0 aliphatic heterocycles. The van der Waals surface area contributed by atoms with Crippen LogP contribution in [-0.4, -0.2) is 16.2 Å². The number of rotatable bonds is 3. The van der Waals surface area contributed by atoms with Gasteiger partial charge in [0.15, 0.2) is 0 Å². The summed E-state index contributed by atoms with van der Waals surface area (Å²) < 4.78 is 5.45. The van der Waals surface area contributed by atoms with Crippen LogP contribution in [0, 0.1) is 18.8 Å². The molecule has 1 fully saturated rings. The maximum atomic E-state index is 12.0. The van der Waals surface area contributed by atoms with Crippen LogP contribution in [-0.2, 0) is 4.79 Å². The lowest BCUT2D eigenvalue weighted by atomic mass is 9.83. The molecule has 1 aromatic carbocycles. The minimum atomic E-state index is -0.0364. The van der Waals surface area contributed by atoms with Crippen molar-refractivity contribution in [2.75, 3.05) is 0 Å². The topological polar surface area (TPSA) is 26.3 Å². The first kappa shape index (κ1) is 13.3. The van der Waals surface area contributed by atoms with Crippen LogP contribution < -0.4 is 4.74 Å². The third-order valence-corrected chi connectivity index (χ3v) is 5.15. The number of hydrogen-bond acceptors (Lipinski definition) is 2. The van der Waals surface area contributed by atoms with Gasteiger partial charge >= 0.3 is 5.97 Å². The van der Waals surface area contributed by atoms with E-state index in [4.69, 9.17) is 4.74 Å². The highest BCUT2D eigenvalue weighted by atomic mass is 28.1. The minimum absolute atomic E-state index is 0.0364. The van der Waals surface area contributed by atoms with Gasteiger partial charge in [-0.25, -0.2) is 0 Å². The molecule has 0 amide bonds. The zero-order valence-corrected chi connectivity index (χ0v) is 13.3. The van der Waals surface area contributed by atoms with Crippen LogP contribution in [0.15, 0.2) is 24.3 Å². The van der Waals surface area contributed by atoms with Crippen LogP contribution in [0.3, 0.4) is 0 Å². The molecular weight excluding hydrogens is 240 g/mol. The molecule has 98 valence electrons. The molecular formula is C15H22O2Si. The van der Waals surface area contributed by atoms with Gasteiger partial charge in [0, 0.05) is 10.2 Å². The lowest BCUT2D eigenvalue weighted by Crippen LogP contribution is -2.25. The molecule has 0 heterocycles. The normalized spacial score (nSPS) is 23.8. The highest BCUT2D eigenvalue weighted by molar-refractivity contribution is 6.08. The van der Waals surface area contributed by atoms with Gasteiger partial charge in [-0.1, -0.05) is 23.7 Å². The molecule has 2 nitrogen and oxygen atoms in total. The summed E-state index contributed by atoms with van der Waals surface area (Å²) in [6, 6.07) is 9.06. The minimum Gasteiger partial charge on any atom is -0.426 e. The predicted molar refractivity (Wildman–Crippen MR) is 77.0 cm³/mol. The number of benzene rings is 1. The van der Waals surface area contributed by atoms with Crippen molar-refractivity contribution in [3.05, 3.63) is 29.8 Å². The van der Waals surface area contributed by atoms with Crippen molar-refractivity contribution in [1.82, 2.24) is 0 Å². The molecule has 18 heavy (non-hydrogen) atoms. The Hall–Kier alpha value is -1.09. The van der Waals surface area contributed by atoms with Gasteiger partial charge in [-0.15, -0.1) is 0 Å². The van der Waals surface area contributed by atoms with Gasteiger partial charge in [-0.2, -0.15) is 0 Å². The number of carbonyl (C=O) groups is 1. The zero-order chi connectivity index (χ0) is 13.0. The van der Waals surface area contributed by atoms with E-state index in [0.29, 0.717) is 5.75 Å². The quantitative estimate of drug-likeness (QED) is 0.475. The molecule has 0 unspecified atom stereocenters. The molecule has 2 rings (SSSR count). The van der Waals surface area contributed by atoms with Crippen molar-refractivity contribution in [1.29, 1.82) is 0 Å². The first-order valence-electron chi connectivity index (χ1n) is 6.97. The first-order valence-corrected chi connectivity index (χ1v) is 8.38. The molecule has 0 atom stereocenters. The van der Waals surface area contributed by atoms with E-state index in [1.807, 2.05) is 31.2 Å². The molecule has 0 aromatic heterocycles. The van der Waals surface area contributed by atoms with Crippen LogP contribution in [0.2, 0.25) is 6.04 Å². The summed E-state index contributed by atoms with van der Waals surface area (Å²) >= 11 is 0. The summed E-state index contributed by atoms with van der Waals surface area (Å²) in [5, 5.41) is 0. The molecule has 1 saturated carbocycles. The van der Waals surface area contributed by atoms with E-state index in [-0.39, 0.29) is 11.9 Å². The van der Waals surface area contributed by atoms with Crippen LogP contribution in [0.25, 0.3) is 0 Å². The van der Waals surface area contributed by atoms with Crippen molar-refractivity contribution >= 4 is 16.2 Å². The van der Waals surface area contributed by atoms with Crippen LogP contribution >= 0.6 is 0 Å². The van der Waals surface area contributed by atoms with Crippen LogP contribution in [0.5, 0.6) is 5.75 Å². The fourth-order valence-corrected chi connectivity index (χ4v) is 3.43. The number of aryl methyl sites for hydroxylation is 1. The molecule has 0 radical (unpaired) electrons. The Morgan fingerprint density at radius 3 is 2.39 bits per heavy atom. The third kappa shape index (κ3) is 3.45. The van der Waals surface area contributed by atoms with Crippen molar-refractivity contribution in [3.63, 3.8) is 0 Å². The second kappa shape index (κ2) is 6.18. The Balaban J connectivity index is 1.87. The second-order valence-electron chi connectivity index (χ2n) is 5.36. The average molecular weight is 262 g/mol. The van der Waals surface area contributed by atoms with Gasteiger partial charge in [-0.3, -0.25) is 4.79 Å². The van der Waals surface area contributed by atoms with E-state index in [1.54, 1.807) is 0 Å². The summed E-state index contributed by atoms with van der Waals surface area (Å²) in [6.45, 7) is 2.03. The van der Waals surface area contributed by atoms with E-state index in [2.05, 4.69) is 0 Å². The molecule has 0 saturated heterocycles. The lowest BCUT2D eigenvalue weighted by molar-refractivity contribution is -0.140. The molecule has 1 aliphatic rings. The van der Waals surface area contributed by atoms with Crippen LogP contribution in [0.1, 0.15) is 31.2 Å². The lowest BCUT2D eigenvalue weighted by Gasteiger charge is -2.26. The van der Waals surface area contributed by atoms with E-state index in [9.17, 15) is 4.79 Å². The Kier molecular flexibility index (Phi) is 4.58. The third-order valence-electron chi connectivity index (χ3n) is 4.00. The highest BCUT2D eigenvalue weighted by Gasteiger charge is 2.26. The second-order valence-corrected chi connectivity index (χ2v) is 6.18. The Bertz CT molecular complexity index is 391. The summed E-state index contributed by atoms with van der Waals surface area (Å²) in [7, 11) is 1.28. The summed E-state index contributed by atoms with van der Waals surface area (Å²) in [5.74, 6) is 1.64. The molecule has 0 spiro atoms. The van der Waals surface area contributed by atoms with Gasteiger partial charge < -0.3 is 4.74 Å². The monoisotopic (exact) mass is 262 g/mol. The van der Waals surface area contributed by atoms with Gasteiger partial charge in [-0.05, 0) is 50.7 Å². The fourth-order valence-electron chi connectivity index (χ4n) is 2.61. The number of ether oxygens (including phenoxy) is 1. The maximum Gasteiger partial charge on any atom is 0.314 e. The van der Waals surface area contributed by atoms with Gasteiger partial charge in [0.25, 0.3) is 0 Å². The summed E-state index contributed by atoms with van der Waals surface area (Å²) in [6.07, 6.45) is 4.43. The molecule has 3 heteroatoms. The summed E-state index contributed by atoms with van der Waals surface area (Å²) in [4.78, 5) is 12.0. The van der Waals surface area contributed by atoms with Crippen LogP contribution in [0.4, 0.5) is 0 Å². The van der Waals surface area contributed by atoms with Gasteiger partial charge in [0.1, 0.15) is 5.75 Å². The highest BCUT2D eigenvalue weighted by Crippen LogP contribution is 2.31. The molecule has 1 aliphatic carbocycles.